The van der Waals surface area contributed by atoms with Crippen molar-refractivity contribution in [2.75, 3.05) is 0 Å². The summed E-state index contributed by atoms with van der Waals surface area (Å²) in [4.78, 5) is 0. The topological polar surface area (TPSA) is 0 Å². The molecule has 0 nitrogen and oxygen atoms in total. The number of hydrogen-bond acceptors (Lipinski definition) is 0. The number of rotatable bonds is 7. The quantitative estimate of drug-likeness (QED) is 0.494. The summed E-state index contributed by atoms with van der Waals surface area (Å²) in [6, 6.07) is 0. The summed E-state index contributed by atoms with van der Waals surface area (Å²) in [7, 11) is 0. The third-order valence-electron chi connectivity index (χ3n) is 2.15. The van der Waals surface area contributed by atoms with Crippen LogP contribution in [0.5, 0.6) is 0 Å². The molecule has 0 aromatic carbocycles. The second-order valence-corrected chi connectivity index (χ2v) is 3.59. The lowest BCUT2D eigenvalue weighted by Gasteiger charge is -2.06. The molecule has 0 N–H and O–H groups in total. The summed E-state index contributed by atoms with van der Waals surface area (Å²) < 4.78 is 0. The number of allylic oxidation sites excluding steroid dienone is 2. The van der Waals surface area contributed by atoms with Crippen molar-refractivity contribution in [2.45, 2.75) is 52.9 Å². The van der Waals surface area contributed by atoms with Crippen LogP contribution in [0, 0.1) is 12.3 Å². The van der Waals surface area contributed by atoms with Gasteiger partial charge < -0.3 is 0 Å². The second-order valence-electron chi connectivity index (χ2n) is 3.59. The molecule has 0 aliphatic heterocycles. The number of unbranched alkanes of at least 4 members (excludes halogenated alkanes) is 1. The van der Waals surface area contributed by atoms with E-state index in [2.05, 4.69) is 39.3 Å². The lowest BCUT2D eigenvalue weighted by molar-refractivity contribution is 0.490. The summed E-state index contributed by atoms with van der Waals surface area (Å²) in [5, 5.41) is 0. The van der Waals surface area contributed by atoms with Gasteiger partial charge in [-0.05, 0) is 31.6 Å². The first-order valence-electron chi connectivity index (χ1n) is 5.24. The molecule has 0 aromatic heterocycles. The van der Waals surface area contributed by atoms with Gasteiger partial charge in [-0.25, -0.2) is 0 Å². The average Bonchev–Trinajstić information content (AvgIpc) is 2.05. The highest BCUT2D eigenvalue weighted by atomic mass is 14.0. The molecule has 0 aliphatic rings. The van der Waals surface area contributed by atoms with Gasteiger partial charge in [0.2, 0.25) is 0 Å². The Balaban J connectivity index is 3.17. The van der Waals surface area contributed by atoms with Crippen molar-refractivity contribution in [3.05, 3.63) is 18.6 Å². The molecule has 0 aliphatic carbocycles. The maximum Gasteiger partial charge on any atom is -0.0322 e. The van der Waals surface area contributed by atoms with E-state index in [4.69, 9.17) is 0 Å². The molecule has 0 saturated carbocycles. The first-order chi connectivity index (χ1) is 5.81. The van der Waals surface area contributed by atoms with Gasteiger partial charge in [0.1, 0.15) is 0 Å². The molecule has 12 heavy (non-hydrogen) atoms. The van der Waals surface area contributed by atoms with Crippen LogP contribution in [0.1, 0.15) is 52.9 Å². The maximum atomic E-state index is 2.35. The van der Waals surface area contributed by atoms with Gasteiger partial charge >= 0.3 is 0 Å². The SMILES string of the molecule is C[CH]CC=CCCC(C)CCC. The Hall–Kier alpha value is -0.260. The molecular formula is C12H23. The van der Waals surface area contributed by atoms with Gasteiger partial charge in [-0.2, -0.15) is 0 Å². The lowest BCUT2D eigenvalue weighted by Crippen LogP contribution is -1.91. The molecular weight excluding hydrogens is 144 g/mol. The highest BCUT2D eigenvalue weighted by Gasteiger charge is 1.97. The summed E-state index contributed by atoms with van der Waals surface area (Å²) >= 11 is 0. The predicted octanol–water partition coefficient (Wildman–Crippen LogP) is 4.37. The van der Waals surface area contributed by atoms with E-state index in [0.717, 1.165) is 12.3 Å². The lowest BCUT2D eigenvalue weighted by atomic mass is 10.0. The van der Waals surface area contributed by atoms with Crippen LogP contribution in [-0.4, -0.2) is 0 Å². The fourth-order valence-corrected chi connectivity index (χ4v) is 1.37. The first-order valence-corrected chi connectivity index (χ1v) is 5.24. The zero-order valence-corrected chi connectivity index (χ0v) is 8.84. The van der Waals surface area contributed by atoms with Crippen molar-refractivity contribution in [1.29, 1.82) is 0 Å². The maximum absolute atomic E-state index is 2.35. The predicted molar refractivity (Wildman–Crippen MR) is 57.0 cm³/mol. The van der Waals surface area contributed by atoms with Gasteiger partial charge in [-0.15, -0.1) is 0 Å². The van der Waals surface area contributed by atoms with Crippen molar-refractivity contribution in [1.82, 2.24) is 0 Å². The summed E-state index contributed by atoms with van der Waals surface area (Å²) in [6.07, 6.45) is 13.2. The zero-order chi connectivity index (χ0) is 9.23. The Morgan fingerprint density at radius 3 is 2.50 bits per heavy atom. The summed E-state index contributed by atoms with van der Waals surface area (Å²) in [6.45, 7) is 6.71. The Labute approximate surface area is 78.1 Å². The van der Waals surface area contributed by atoms with Crippen LogP contribution in [0.25, 0.3) is 0 Å². The minimum Gasteiger partial charge on any atom is -0.0885 e. The second kappa shape index (κ2) is 8.83. The van der Waals surface area contributed by atoms with Crippen LogP contribution in [-0.2, 0) is 0 Å². The van der Waals surface area contributed by atoms with E-state index in [1.165, 1.54) is 25.7 Å². The molecule has 0 rings (SSSR count). The summed E-state index contributed by atoms with van der Waals surface area (Å²) in [5.74, 6) is 0.908. The van der Waals surface area contributed by atoms with Gasteiger partial charge in [0.25, 0.3) is 0 Å². The number of hydrogen-bond donors (Lipinski definition) is 0. The molecule has 71 valence electrons. The van der Waals surface area contributed by atoms with E-state index in [0.29, 0.717) is 0 Å². The van der Waals surface area contributed by atoms with Crippen molar-refractivity contribution in [3.8, 4) is 0 Å². The van der Waals surface area contributed by atoms with Crippen LogP contribution in [0.2, 0.25) is 0 Å². The van der Waals surface area contributed by atoms with Gasteiger partial charge in [0.15, 0.2) is 0 Å². The van der Waals surface area contributed by atoms with E-state index < -0.39 is 0 Å². The van der Waals surface area contributed by atoms with Gasteiger partial charge in [-0.1, -0.05) is 45.8 Å². The molecule has 0 saturated heterocycles. The van der Waals surface area contributed by atoms with Crippen molar-refractivity contribution in [2.24, 2.45) is 5.92 Å². The molecule has 0 amide bonds. The zero-order valence-electron chi connectivity index (χ0n) is 8.84. The van der Waals surface area contributed by atoms with Crippen LogP contribution in [0.15, 0.2) is 12.2 Å². The Morgan fingerprint density at radius 2 is 1.92 bits per heavy atom. The van der Waals surface area contributed by atoms with Crippen molar-refractivity contribution >= 4 is 0 Å². The first kappa shape index (κ1) is 11.7. The molecule has 0 spiro atoms. The standard InChI is InChI=1S/C12H23/c1-4-6-7-8-9-11-12(3)10-5-2/h4,7-8,12H,5-6,9-11H2,1-3H3. The minimum absolute atomic E-state index is 0.908. The van der Waals surface area contributed by atoms with Crippen LogP contribution in [0.4, 0.5) is 0 Å². The van der Waals surface area contributed by atoms with E-state index in [-0.39, 0.29) is 0 Å². The van der Waals surface area contributed by atoms with E-state index in [1.54, 1.807) is 0 Å². The molecule has 0 heteroatoms. The van der Waals surface area contributed by atoms with Crippen molar-refractivity contribution < 1.29 is 0 Å². The fraction of sp³-hybridized carbons (Fsp3) is 0.750. The van der Waals surface area contributed by atoms with Crippen LogP contribution >= 0.6 is 0 Å². The monoisotopic (exact) mass is 167 g/mol. The van der Waals surface area contributed by atoms with E-state index in [1.807, 2.05) is 0 Å². The van der Waals surface area contributed by atoms with Crippen LogP contribution in [0.3, 0.4) is 0 Å². The van der Waals surface area contributed by atoms with Crippen molar-refractivity contribution in [3.63, 3.8) is 0 Å². The van der Waals surface area contributed by atoms with Gasteiger partial charge in [-0.3, -0.25) is 0 Å². The Bertz CT molecular complexity index is 103. The molecule has 1 radical (unpaired) electrons. The highest BCUT2D eigenvalue weighted by molar-refractivity contribution is 4.85. The average molecular weight is 167 g/mol. The Morgan fingerprint density at radius 1 is 1.17 bits per heavy atom. The third-order valence-corrected chi connectivity index (χ3v) is 2.15. The van der Waals surface area contributed by atoms with Gasteiger partial charge in [0, 0.05) is 0 Å². The molecule has 0 heterocycles. The Kier molecular flexibility index (Phi) is 8.64. The molecule has 1 atom stereocenters. The molecule has 0 aromatic rings. The van der Waals surface area contributed by atoms with Crippen LogP contribution < -0.4 is 0 Å². The minimum atomic E-state index is 0.908. The van der Waals surface area contributed by atoms with Gasteiger partial charge in [0.05, 0.1) is 0 Å². The highest BCUT2D eigenvalue weighted by Crippen LogP contribution is 2.12. The molecule has 0 bridgehead atoms. The molecule has 0 fully saturated rings. The smallest absolute Gasteiger partial charge is 0.0322 e. The van der Waals surface area contributed by atoms with E-state index >= 15 is 0 Å². The van der Waals surface area contributed by atoms with E-state index in [9.17, 15) is 0 Å². The fourth-order valence-electron chi connectivity index (χ4n) is 1.37. The normalized spacial score (nSPS) is 13.9. The molecule has 1 unspecified atom stereocenters. The largest absolute Gasteiger partial charge is 0.0885 e. The summed E-state index contributed by atoms with van der Waals surface area (Å²) in [5.41, 5.74) is 0. The third kappa shape index (κ3) is 7.84.